The van der Waals surface area contributed by atoms with E-state index >= 15 is 0 Å². The number of hydrogen-bond donors (Lipinski definition) is 2. The fourth-order valence-corrected chi connectivity index (χ4v) is 1.48. The van der Waals surface area contributed by atoms with Gasteiger partial charge in [-0.15, -0.1) is 0 Å². The number of thioether (sulfide) groups is 1. The molecule has 0 aliphatic rings. The molecule has 0 radical (unpaired) electrons. The van der Waals surface area contributed by atoms with Gasteiger partial charge in [-0.3, -0.25) is 21.2 Å². The Morgan fingerprint density at radius 1 is 1.67 bits per heavy atom. The van der Waals surface area contributed by atoms with Gasteiger partial charge in [0.25, 0.3) is 0 Å². The van der Waals surface area contributed by atoms with Crippen LogP contribution in [-0.2, 0) is 0 Å². The molecule has 0 bridgehead atoms. The summed E-state index contributed by atoms with van der Waals surface area (Å²) >= 11 is 1.72. The summed E-state index contributed by atoms with van der Waals surface area (Å²) in [7, 11) is 0. The van der Waals surface area contributed by atoms with Gasteiger partial charge in [0.05, 0.1) is 17.9 Å². The quantitative estimate of drug-likeness (QED) is 0.522. The van der Waals surface area contributed by atoms with Gasteiger partial charge in [-0.05, 0) is 6.26 Å². The molecule has 5 heteroatoms. The molecule has 1 heterocycles. The van der Waals surface area contributed by atoms with E-state index in [1.54, 1.807) is 30.4 Å². The third kappa shape index (κ3) is 2.44. The molecule has 0 saturated carbocycles. The lowest BCUT2D eigenvalue weighted by Gasteiger charge is -2.12. The third-order valence-electron chi connectivity index (χ3n) is 1.47. The van der Waals surface area contributed by atoms with Crippen molar-refractivity contribution in [3.8, 4) is 0 Å². The maximum absolute atomic E-state index is 5.36. The normalized spacial score (nSPS) is 12.8. The number of hydrazine groups is 1. The molecule has 0 aliphatic heterocycles. The molecule has 1 rings (SSSR count). The predicted octanol–water partition coefficient (Wildman–Crippen LogP) is 0.344. The van der Waals surface area contributed by atoms with Crippen LogP contribution >= 0.6 is 11.8 Å². The largest absolute Gasteiger partial charge is 0.271 e. The van der Waals surface area contributed by atoms with E-state index in [0.29, 0.717) is 0 Å². The van der Waals surface area contributed by atoms with Crippen LogP contribution in [0.3, 0.4) is 0 Å². The van der Waals surface area contributed by atoms with Crippen molar-refractivity contribution in [2.75, 3.05) is 12.0 Å². The highest BCUT2D eigenvalue weighted by atomic mass is 32.2. The summed E-state index contributed by atoms with van der Waals surface area (Å²) < 4.78 is 0. The Morgan fingerprint density at radius 2 is 2.50 bits per heavy atom. The van der Waals surface area contributed by atoms with E-state index in [0.717, 1.165) is 11.4 Å². The van der Waals surface area contributed by atoms with Gasteiger partial charge in [-0.1, -0.05) is 0 Å². The minimum Gasteiger partial charge on any atom is -0.271 e. The second-order valence-electron chi connectivity index (χ2n) is 2.30. The molecule has 66 valence electrons. The maximum Gasteiger partial charge on any atom is 0.0777 e. The van der Waals surface area contributed by atoms with Crippen LogP contribution in [-0.4, -0.2) is 22.0 Å². The molecule has 1 aromatic heterocycles. The zero-order chi connectivity index (χ0) is 8.81. The Morgan fingerprint density at radius 3 is 3.00 bits per heavy atom. The fraction of sp³-hybridized carbons (Fsp3) is 0.429. The first-order chi connectivity index (χ1) is 5.88. The van der Waals surface area contributed by atoms with Crippen LogP contribution < -0.4 is 11.3 Å². The minimum atomic E-state index is 0.0914. The number of aromatic nitrogens is 2. The highest BCUT2D eigenvalue weighted by Crippen LogP contribution is 2.11. The zero-order valence-corrected chi connectivity index (χ0v) is 7.71. The fourth-order valence-electron chi connectivity index (χ4n) is 0.876. The van der Waals surface area contributed by atoms with E-state index in [2.05, 4.69) is 15.4 Å². The van der Waals surface area contributed by atoms with E-state index in [9.17, 15) is 0 Å². The Balaban J connectivity index is 2.66. The molecule has 0 amide bonds. The molecule has 0 aromatic carbocycles. The molecule has 0 aliphatic carbocycles. The molecule has 1 aromatic rings. The smallest absolute Gasteiger partial charge is 0.0777 e. The number of rotatable bonds is 4. The minimum absolute atomic E-state index is 0.0914. The highest BCUT2D eigenvalue weighted by molar-refractivity contribution is 7.98. The first-order valence-corrected chi connectivity index (χ1v) is 4.99. The molecular weight excluding hydrogens is 172 g/mol. The van der Waals surface area contributed by atoms with Crippen LogP contribution in [0, 0.1) is 0 Å². The topological polar surface area (TPSA) is 63.8 Å². The van der Waals surface area contributed by atoms with Crippen molar-refractivity contribution < 1.29 is 0 Å². The van der Waals surface area contributed by atoms with Crippen LogP contribution in [0.15, 0.2) is 18.6 Å². The van der Waals surface area contributed by atoms with E-state index in [-0.39, 0.29) is 6.04 Å². The average molecular weight is 184 g/mol. The monoisotopic (exact) mass is 184 g/mol. The van der Waals surface area contributed by atoms with Crippen LogP contribution in [0.1, 0.15) is 11.7 Å². The van der Waals surface area contributed by atoms with Gasteiger partial charge < -0.3 is 0 Å². The van der Waals surface area contributed by atoms with Crippen molar-refractivity contribution >= 4 is 11.8 Å². The molecule has 4 nitrogen and oxygen atoms in total. The van der Waals surface area contributed by atoms with Crippen molar-refractivity contribution in [2.45, 2.75) is 6.04 Å². The van der Waals surface area contributed by atoms with Crippen molar-refractivity contribution in [1.82, 2.24) is 15.4 Å². The van der Waals surface area contributed by atoms with Crippen molar-refractivity contribution in [3.05, 3.63) is 24.3 Å². The summed E-state index contributed by atoms with van der Waals surface area (Å²) in [5.41, 5.74) is 3.58. The lowest BCUT2D eigenvalue weighted by Crippen LogP contribution is -2.30. The Labute approximate surface area is 75.9 Å². The summed E-state index contributed by atoms with van der Waals surface area (Å²) in [6.07, 6.45) is 7.07. The summed E-state index contributed by atoms with van der Waals surface area (Å²) in [6.45, 7) is 0. The molecule has 1 unspecified atom stereocenters. The van der Waals surface area contributed by atoms with Crippen LogP contribution in [0.25, 0.3) is 0 Å². The standard InChI is InChI=1S/C7H12N4S/c1-12-5-7(11-8)6-4-9-2-3-10-6/h2-4,7,11H,5,8H2,1H3. The number of nitrogens with two attached hydrogens (primary N) is 1. The lowest BCUT2D eigenvalue weighted by atomic mass is 10.2. The molecule has 3 N–H and O–H groups in total. The van der Waals surface area contributed by atoms with Gasteiger partial charge in [0, 0.05) is 18.1 Å². The van der Waals surface area contributed by atoms with Gasteiger partial charge in [0.15, 0.2) is 0 Å². The van der Waals surface area contributed by atoms with E-state index in [4.69, 9.17) is 5.84 Å². The van der Waals surface area contributed by atoms with E-state index in [1.165, 1.54) is 0 Å². The van der Waals surface area contributed by atoms with Gasteiger partial charge >= 0.3 is 0 Å². The molecular formula is C7H12N4S. The molecule has 1 atom stereocenters. The summed E-state index contributed by atoms with van der Waals surface area (Å²) in [6, 6.07) is 0.0914. The van der Waals surface area contributed by atoms with Crippen molar-refractivity contribution in [3.63, 3.8) is 0 Å². The Kier molecular flexibility index (Phi) is 3.99. The van der Waals surface area contributed by atoms with Gasteiger partial charge in [-0.2, -0.15) is 11.8 Å². The lowest BCUT2D eigenvalue weighted by molar-refractivity contribution is 0.592. The SMILES string of the molecule is CSCC(NN)c1cnccn1. The predicted molar refractivity (Wildman–Crippen MR) is 50.5 cm³/mol. The first kappa shape index (κ1) is 9.44. The number of hydrogen-bond acceptors (Lipinski definition) is 5. The third-order valence-corrected chi connectivity index (χ3v) is 2.14. The summed E-state index contributed by atoms with van der Waals surface area (Å²) in [5, 5.41) is 0. The van der Waals surface area contributed by atoms with Crippen LogP contribution in [0.5, 0.6) is 0 Å². The van der Waals surface area contributed by atoms with Gasteiger partial charge in [-0.25, -0.2) is 0 Å². The van der Waals surface area contributed by atoms with Gasteiger partial charge in [0.1, 0.15) is 0 Å². The van der Waals surface area contributed by atoms with Crippen molar-refractivity contribution in [2.24, 2.45) is 5.84 Å². The first-order valence-electron chi connectivity index (χ1n) is 3.59. The van der Waals surface area contributed by atoms with Crippen LogP contribution in [0.4, 0.5) is 0 Å². The summed E-state index contributed by atoms with van der Waals surface area (Å²) in [4.78, 5) is 8.12. The number of nitrogens with one attached hydrogen (secondary N) is 1. The summed E-state index contributed by atoms with van der Waals surface area (Å²) in [5.74, 6) is 6.26. The van der Waals surface area contributed by atoms with E-state index < -0.39 is 0 Å². The van der Waals surface area contributed by atoms with Crippen molar-refractivity contribution in [1.29, 1.82) is 0 Å². The second-order valence-corrected chi connectivity index (χ2v) is 3.22. The molecule has 0 saturated heterocycles. The average Bonchev–Trinajstić information content (AvgIpc) is 2.15. The molecule has 0 spiro atoms. The second kappa shape index (κ2) is 5.08. The molecule has 0 fully saturated rings. The van der Waals surface area contributed by atoms with E-state index in [1.807, 2.05) is 6.26 Å². The number of nitrogens with zero attached hydrogens (tertiary/aromatic N) is 2. The zero-order valence-electron chi connectivity index (χ0n) is 6.90. The Bertz CT molecular complexity index is 216. The van der Waals surface area contributed by atoms with Crippen LogP contribution in [0.2, 0.25) is 0 Å². The van der Waals surface area contributed by atoms with Gasteiger partial charge in [0.2, 0.25) is 0 Å². The highest BCUT2D eigenvalue weighted by Gasteiger charge is 2.08. The molecule has 12 heavy (non-hydrogen) atoms. The maximum atomic E-state index is 5.36. The Hall–Kier alpha value is -0.650.